The van der Waals surface area contributed by atoms with E-state index in [4.69, 9.17) is 0 Å². The summed E-state index contributed by atoms with van der Waals surface area (Å²) in [4.78, 5) is 0. The highest BCUT2D eigenvalue weighted by Crippen LogP contribution is 2.17. The van der Waals surface area contributed by atoms with E-state index in [1.54, 1.807) is 6.20 Å². The third kappa shape index (κ3) is 3.36. The van der Waals surface area contributed by atoms with Gasteiger partial charge in [0.05, 0.1) is 6.20 Å². The molecule has 0 aliphatic heterocycles. The number of hydrogen-bond acceptors (Lipinski definition) is 3. The van der Waals surface area contributed by atoms with Gasteiger partial charge in [0.2, 0.25) is 0 Å². The number of hydrogen-bond donors (Lipinski definition) is 1. The predicted molar refractivity (Wildman–Crippen MR) is 68.6 cm³/mol. The van der Waals surface area contributed by atoms with Crippen LogP contribution in [0, 0.1) is 0 Å². The third-order valence-electron chi connectivity index (χ3n) is 2.92. The summed E-state index contributed by atoms with van der Waals surface area (Å²) < 4.78 is 0. The molecule has 0 bridgehead atoms. The molecule has 3 nitrogen and oxygen atoms in total. The van der Waals surface area contributed by atoms with Crippen LogP contribution in [-0.4, -0.2) is 17.2 Å². The van der Waals surface area contributed by atoms with Gasteiger partial charge in [0.1, 0.15) is 0 Å². The molecule has 1 aromatic heterocycles. The molecule has 2 aromatic rings. The molecule has 0 fully saturated rings. The molecule has 1 unspecified atom stereocenters. The first-order valence-electron chi connectivity index (χ1n) is 5.88. The van der Waals surface area contributed by atoms with E-state index >= 15 is 0 Å². The molecule has 1 N–H and O–H groups in total. The van der Waals surface area contributed by atoms with E-state index in [2.05, 4.69) is 39.8 Å². The van der Waals surface area contributed by atoms with Crippen molar-refractivity contribution in [2.75, 3.05) is 7.05 Å². The summed E-state index contributed by atoms with van der Waals surface area (Å²) in [6.45, 7) is 0. The van der Waals surface area contributed by atoms with Crippen LogP contribution in [0.25, 0.3) is 0 Å². The van der Waals surface area contributed by atoms with Gasteiger partial charge in [-0.25, -0.2) is 0 Å². The van der Waals surface area contributed by atoms with Crippen LogP contribution in [0.5, 0.6) is 0 Å². The summed E-state index contributed by atoms with van der Waals surface area (Å²) in [5.74, 6) is 0. The molecule has 88 valence electrons. The SMILES string of the molecule is CNC(CCc1ccccc1)c1ccnnc1. The lowest BCUT2D eigenvalue weighted by atomic mass is 10.0. The van der Waals surface area contributed by atoms with E-state index in [0.717, 1.165) is 12.8 Å². The van der Waals surface area contributed by atoms with Crippen LogP contribution in [-0.2, 0) is 6.42 Å². The van der Waals surface area contributed by atoms with Gasteiger partial charge in [-0.2, -0.15) is 10.2 Å². The number of nitrogens with zero attached hydrogens (tertiary/aromatic N) is 2. The average molecular weight is 227 g/mol. The van der Waals surface area contributed by atoms with Gasteiger partial charge in [0.25, 0.3) is 0 Å². The van der Waals surface area contributed by atoms with Crippen molar-refractivity contribution in [3.8, 4) is 0 Å². The number of aryl methyl sites for hydroxylation is 1. The minimum atomic E-state index is 0.339. The molecule has 0 aliphatic rings. The van der Waals surface area contributed by atoms with Gasteiger partial charge in [0, 0.05) is 12.2 Å². The van der Waals surface area contributed by atoms with Gasteiger partial charge in [-0.3, -0.25) is 0 Å². The highest BCUT2D eigenvalue weighted by Gasteiger charge is 2.08. The lowest BCUT2D eigenvalue weighted by molar-refractivity contribution is 0.546. The fourth-order valence-electron chi connectivity index (χ4n) is 1.94. The normalized spacial score (nSPS) is 12.3. The summed E-state index contributed by atoms with van der Waals surface area (Å²) in [5.41, 5.74) is 2.56. The molecule has 1 heterocycles. The minimum Gasteiger partial charge on any atom is -0.313 e. The Bertz CT molecular complexity index is 428. The highest BCUT2D eigenvalue weighted by molar-refractivity contribution is 5.17. The highest BCUT2D eigenvalue weighted by atomic mass is 15.1. The zero-order valence-electron chi connectivity index (χ0n) is 10.0. The van der Waals surface area contributed by atoms with E-state index in [-0.39, 0.29) is 0 Å². The Hall–Kier alpha value is -1.74. The lowest BCUT2D eigenvalue weighted by Gasteiger charge is -2.15. The second kappa shape index (κ2) is 6.11. The minimum absolute atomic E-state index is 0.339. The van der Waals surface area contributed by atoms with Crippen molar-refractivity contribution in [2.24, 2.45) is 0 Å². The lowest BCUT2D eigenvalue weighted by Crippen LogP contribution is -2.17. The van der Waals surface area contributed by atoms with Crippen molar-refractivity contribution in [1.29, 1.82) is 0 Å². The van der Waals surface area contributed by atoms with Crippen molar-refractivity contribution in [2.45, 2.75) is 18.9 Å². The molecular formula is C14H17N3. The molecular weight excluding hydrogens is 210 g/mol. The van der Waals surface area contributed by atoms with Crippen LogP contribution < -0.4 is 5.32 Å². The summed E-state index contributed by atoms with van der Waals surface area (Å²) in [6.07, 6.45) is 5.69. The largest absolute Gasteiger partial charge is 0.313 e. The molecule has 0 saturated heterocycles. The van der Waals surface area contributed by atoms with Crippen LogP contribution in [0.4, 0.5) is 0 Å². The first-order chi connectivity index (χ1) is 8.40. The van der Waals surface area contributed by atoms with Gasteiger partial charge in [-0.1, -0.05) is 30.3 Å². The van der Waals surface area contributed by atoms with Gasteiger partial charge < -0.3 is 5.32 Å². The number of rotatable bonds is 5. The first-order valence-corrected chi connectivity index (χ1v) is 5.88. The Morgan fingerprint density at radius 3 is 2.59 bits per heavy atom. The second-order valence-electron chi connectivity index (χ2n) is 4.04. The molecule has 3 heteroatoms. The Labute approximate surface area is 102 Å². The Balaban J connectivity index is 1.97. The molecule has 2 rings (SSSR count). The van der Waals surface area contributed by atoms with Crippen molar-refractivity contribution < 1.29 is 0 Å². The molecule has 0 spiro atoms. The van der Waals surface area contributed by atoms with Crippen molar-refractivity contribution in [1.82, 2.24) is 15.5 Å². The van der Waals surface area contributed by atoms with E-state index < -0.39 is 0 Å². The van der Waals surface area contributed by atoms with Crippen LogP contribution in [0.3, 0.4) is 0 Å². The van der Waals surface area contributed by atoms with Crippen molar-refractivity contribution >= 4 is 0 Å². The van der Waals surface area contributed by atoms with Crippen molar-refractivity contribution in [3.05, 3.63) is 59.9 Å². The Kier molecular flexibility index (Phi) is 4.22. The summed E-state index contributed by atoms with van der Waals surface area (Å²) >= 11 is 0. The fraction of sp³-hybridized carbons (Fsp3) is 0.286. The first kappa shape index (κ1) is 11.7. The Morgan fingerprint density at radius 1 is 1.12 bits per heavy atom. The maximum atomic E-state index is 3.92. The topological polar surface area (TPSA) is 37.8 Å². The molecule has 0 amide bonds. The van der Waals surface area contributed by atoms with Crippen molar-refractivity contribution in [3.63, 3.8) is 0 Å². The van der Waals surface area contributed by atoms with E-state index in [9.17, 15) is 0 Å². The molecule has 0 radical (unpaired) electrons. The maximum absolute atomic E-state index is 3.92. The number of benzene rings is 1. The van der Waals surface area contributed by atoms with Crippen LogP contribution in [0.15, 0.2) is 48.8 Å². The van der Waals surface area contributed by atoms with Crippen LogP contribution in [0.1, 0.15) is 23.6 Å². The predicted octanol–water partition coefficient (Wildman–Crippen LogP) is 2.37. The molecule has 1 aromatic carbocycles. The van der Waals surface area contributed by atoms with Gasteiger partial charge in [-0.05, 0) is 37.1 Å². The average Bonchev–Trinajstić information content (AvgIpc) is 2.42. The molecule has 0 aliphatic carbocycles. The van der Waals surface area contributed by atoms with Gasteiger partial charge in [0.15, 0.2) is 0 Å². The molecule has 17 heavy (non-hydrogen) atoms. The van der Waals surface area contributed by atoms with E-state index in [1.807, 2.05) is 25.4 Å². The second-order valence-corrected chi connectivity index (χ2v) is 4.04. The van der Waals surface area contributed by atoms with E-state index in [1.165, 1.54) is 11.1 Å². The summed E-state index contributed by atoms with van der Waals surface area (Å²) in [7, 11) is 1.98. The zero-order valence-corrected chi connectivity index (χ0v) is 10.0. The smallest absolute Gasteiger partial charge is 0.0544 e. The quantitative estimate of drug-likeness (QED) is 0.852. The summed E-state index contributed by atoms with van der Waals surface area (Å²) in [5, 5.41) is 11.0. The fourth-order valence-corrected chi connectivity index (χ4v) is 1.94. The number of aromatic nitrogens is 2. The molecule has 0 saturated carbocycles. The third-order valence-corrected chi connectivity index (χ3v) is 2.92. The Morgan fingerprint density at radius 2 is 1.94 bits per heavy atom. The van der Waals surface area contributed by atoms with Crippen LogP contribution in [0.2, 0.25) is 0 Å². The summed E-state index contributed by atoms with van der Waals surface area (Å²) in [6, 6.07) is 12.9. The van der Waals surface area contributed by atoms with E-state index in [0.29, 0.717) is 6.04 Å². The number of nitrogens with one attached hydrogen (secondary N) is 1. The standard InChI is InChI=1S/C14H17N3/c1-15-14(13-9-10-16-17-11-13)8-7-12-5-3-2-4-6-12/h2-6,9-11,14-15H,7-8H2,1H3. The zero-order chi connectivity index (χ0) is 11.9. The molecule has 1 atom stereocenters. The van der Waals surface area contributed by atoms with Crippen LogP contribution >= 0.6 is 0 Å². The maximum Gasteiger partial charge on any atom is 0.0544 e. The monoisotopic (exact) mass is 227 g/mol. The van der Waals surface area contributed by atoms with Gasteiger partial charge in [-0.15, -0.1) is 0 Å². The van der Waals surface area contributed by atoms with Gasteiger partial charge >= 0.3 is 0 Å².